The summed E-state index contributed by atoms with van der Waals surface area (Å²) in [6, 6.07) is 6.26. The number of aliphatic imine (C=N–C) groups is 1. The summed E-state index contributed by atoms with van der Waals surface area (Å²) >= 11 is 0. The fourth-order valence-electron chi connectivity index (χ4n) is 4.42. The molecule has 3 heterocycles. The molecule has 3 aliphatic rings. The minimum Gasteiger partial charge on any atom is -0.454 e. The lowest BCUT2D eigenvalue weighted by molar-refractivity contribution is 0.169. The van der Waals surface area contributed by atoms with Crippen LogP contribution in [0.4, 0.5) is 0 Å². The zero-order valence-corrected chi connectivity index (χ0v) is 19.9. The molecule has 162 valence electrons. The smallest absolute Gasteiger partial charge is 0.231 e. The molecular formula is C21H34IN5O2. The van der Waals surface area contributed by atoms with E-state index in [2.05, 4.69) is 44.2 Å². The van der Waals surface area contributed by atoms with Crippen LogP contribution in [0, 0.1) is 5.92 Å². The second kappa shape index (κ2) is 10.7. The summed E-state index contributed by atoms with van der Waals surface area (Å²) in [6.07, 6.45) is 2.62. The Morgan fingerprint density at radius 3 is 2.69 bits per heavy atom. The summed E-state index contributed by atoms with van der Waals surface area (Å²) < 4.78 is 10.9. The van der Waals surface area contributed by atoms with Gasteiger partial charge in [-0.05, 0) is 50.0 Å². The molecule has 7 nitrogen and oxygen atoms in total. The lowest BCUT2D eigenvalue weighted by Gasteiger charge is -2.37. The maximum absolute atomic E-state index is 5.50. The Kier molecular flexibility index (Phi) is 8.25. The highest BCUT2D eigenvalue weighted by Crippen LogP contribution is 2.32. The second-order valence-corrected chi connectivity index (χ2v) is 8.15. The quantitative estimate of drug-likeness (QED) is 0.377. The number of hydrogen-bond acceptors (Lipinski definition) is 5. The Morgan fingerprint density at radius 2 is 1.93 bits per heavy atom. The number of ether oxygens (including phenoxy) is 2. The van der Waals surface area contributed by atoms with E-state index in [0.717, 1.165) is 62.6 Å². The molecule has 0 bridgehead atoms. The zero-order chi connectivity index (χ0) is 19.3. The van der Waals surface area contributed by atoms with Gasteiger partial charge in [0.15, 0.2) is 17.5 Å². The average Bonchev–Trinajstić information content (AvgIpc) is 3.17. The van der Waals surface area contributed by atoms with Crippen molar-refractivity contribution in [3.63, 3.8) is 0 Å². The second-order valence-electron chi connectivity index (χ2n) is 8.15. The molecular weight excluding hydrogens is 481 g/mol. The molecule has 1 atom stereocenters. The molecule has 1 N–H and O–H groups in total. The topological polar surface area (TPSA) is 52.6 Å². The van der Waals surface area contributed by atoms with Crippen molar-refractivity contribution in [3.8, 4) is 11.5 Å². The van der Waals surface area contributed by atoms with Crippen molar-refractivity contribution in [2.45, 2.75) is 19.4 Å². The number of nitrogens with one attached hydrogen (secondary N) is 1. The minimum atomic E-state index is 0. The van der Waals surface area contributed by atoms with Crippen LogP contribution in [0.25, 0.3) is 0 Å². The van der Waals surface area contributed by atoms with E-state index < -0.39 is 0 Å². The van der Waals surface area contributed by atoms with Gasteiger partial charge in [-0.3, -0.25) is 9.89 Å². The van der Waals surface area contributed by atoms with Crippen molar-refractivity contribution >= 4 is 29.9 Å². The summed E-state index contributed by atoms with van der Waals surface area (Å²) in [6.45, 7) is 8.83. The van der Waals surface area contributed by atoms with Crippen LogP contribution in [-0.2, 0) is 6.54 Å². The van der Waals surface area contributed by atoms with Crippen molar-refractivity contribution in [3.05, 3.63) is 23.8 Å². The van der Waals surface area contributed by atoms with Gasteiger partial charge in [0.05, 0.1) is 0 Å². The van der Waals surface area contributed by atoms with E-state index in [1.54, 1.807) is 0 Å². The first-order valence-corrected chi connectivity index (χ1v) is 10.5. The van der Waals surface area contributed by atoms with Gasteiger partial charge in [-0.1, -0.05) is 6.07 Å². The van der Waals surface area contributed by atoms with Gasteiger partial charge in [0, 0.05) is 52.9 Å². The van der Waals surface area contributed by atoms with E-state index in [0.29, 0.717) is 6.79 Å². The number of hydrogen-bond donors (Lipinski definition) is 1. The molecule has 1 aromatic rings. The predicted octanol–water partition coefficient (Wildman–Crippen LogP) is 2.07. The van der Waals surface area contributed by atoms with Crippen LogP contribution in [0.5, 0.6) is 11.5 Å². The molecule has 29 heavy (non-hydrogen) atoms. The van der Waals surface area contributed by atoms with Gasteiger partial charge in [-0.25, -0.2) is 0 Å². The molecule has 0 aromatic heterocycles. The number of benzene rings is 1. The molecule has 0 saturated carbocycles. The van der Waals surface area contributed by atoms with Crippen LogP contribution >= 0.6 is 24.0 Å². The van der Waals surface area contributed by atoms with Crippen molar-refractivity contribution in [1.82, 2.24) is 20.0 Å². The van der Waals surface area contributed by atoms with Crippen LogP contribution < -0.4 is 14.8 Å². The van der Waals surface area contributed by atoms with E-state index >= 15 is 0 Å². The molecule has 3 aliphatic heterocycles. The highest BCUT2D eigenvalue weighted by Gasteiger charge is 2.22. The lowest BCUT2D eigenvalue weighted by Crippen LogP contribution is -2.53. The first kappa shape index (κ1) is 22.4. The van der Waals surface area contributed by atoms with Crippen LogP contribution in [0.1, 0.15) is 18.4 Å². The molecule has 2 fully saturated rings. The summed E-state index contributed by atoms with van der Waals surface area (Å²) in [5.74, 6) is 3.50. The van der Waals surface area contributed by atoms with E-state index in [9.17, 15) is 0 Å². The molecule has 1 aromatic carbocycles. The third kappa shape index (κ3) is 5.88. The predicted molar refractivity (Wildman–Crippen MR) is 126 cm³/mol. The molecule has 0 radical (unpaired) electrons. The van der Waals surface area contributed by atoms with Gasteiger partial charge in [0.25, 0.3) is 0 Å². The first-order chi connectivity index (χ1) is 13.7. The third-order valence-electron chi connectivity index (χ3n) is 6.00. The van der Waals surface area contributed by atoms with Crippen molar-refractivity contribution in [2.24, 2.45) is 10.9 Å². The normalized spacial score (nSPS) is 23.0. The molecule has 2 saturated heterocycles. The minimum absolute atomic E-state index is 0. The van der Waals surface area contributed by atoms with Gasteiger partial charge in [-0.2, -0.15) is 0 Å². The number of fused-ring (bicyclic) bond motifs is 1. The van der Waals surface area contributed by atoms with Crippen molar-refractivity contribution in [1.29, 1.82) is 0 Å². The van der Waals surface area contributed by atoms with Crippen LogP contribution in [0.2, 0.25) is 0 Å². The fourth-order valence-corrected chi connectivity index (χ4v) is 4.42. The summed E-state index contributed by atoms with van der Waals surface area (Å²) in [4.78, 5) is 11.9. The number of piperazine rings is 1. The van der Waals surface area contributed by atoms with Crippen LogP contribution in [0.3, 0.4) is 0 Å². The lowest BCUT2D eigenvalue weighted by atomic mass is 9.98. The Balaban J connectivity index is 0.00000240. The molecule has 1 unspecified atom stereocenters. The maximum Gasteiger partial charge on any atom is 0.231 e. The van der Waals surface area contributed by atoms with Crippen molar-refractivity contribution in [2.75, 3.05) is 66.7 Å². The Morgan fingerprint density at radius 1 is 1.14 bits per heavy atom. The summed E-state index contributed by atoms with van der Waals surface area (Å²) in [7, 11) is 4.12. The van der Waals surface area contributed by atoms with Crippen LogP contribution in [0.15, 0.2) is 23.2 Å². The number of rotatable bonds is 4. The van der Waals surface area contributed by atoms with E-state index in [1.165, 1.54) is 31.5 Å². The van der Waals surface area contributed by atoms with E-state index in [-0.39, 0.29) is 24.0 Å². The summed E-state index contributed by atoms with van der Waals surface area (Å²) in [5.41, 5.74) is 1.28. The third-order valence-corrected chi connectivity index (χ3v) is 6.00. The molecule has 4 rings (SSSR count). The van der Waals surface area contributed by atoms with Gasteiger partial charge < -0.3 is 24.6 Å². The monoisotopic (exact) mass is 515 g/mol. The molecule has 8 heteroatoms. The fraction of sp³-hybridized carbons (Fsp3) is 0.667. The summed E-state index contributed by atoms with van der Waals surface area (Å²) in [5, 5.41) is 3.62. The maximum atomic E-state index is 5.50. The number of guanidine groups is 1. The van der Waals surface area contributed by atoms with Gasteiger partial charge in [0.2, 0.25) is 6.79 Å². The van der Waals surface area contributed by atoms with E-state index in [4.69, 9.17) is 9.47 Å². The largest absolute Gasteiger partial charge is 0.454 e. The van der Waals surface area contributed by atoms with E-state index in [1.807, 2.05) is 13.1 Å². The highest BCUT2D eigenvalue weighted by atomic mass is 127. The average molecular weight is 515 g/mol. The van der Waals surface area contributed by atoms with Gasteiger partial charge in [0.1, 0.15) is 0 Å². The number of nitrogens with zero attached hydrogens (tertiary/aromatic N) is 4. The van der Waals surface area contributed by atoms with Crippen molar-refractivity contribution < 1.29 is 9.47 Å². The van der Waals surface area contributed by atoms with Crippen LogP contribution in [-0.4, -0.2) is 87.4 Å². The standard InChI is InChI=1S/C21H33N5O2.HI/c1-22-21(23-13-18-4-3-7-24(2)14-18)26-10-8-25(9-11-26)15-17-5-6-19-20(12-17)28-16-27-19;/h5-6,12,18H,3-4,7-11,13-16H2,1-2H3,(H,22,23);1H. The zero-order valence-electron chi connectivity index (χ0n) is 17.6. The number of halogens is 1. The highest BCUT2D eigenvalue weighted by molar-refractivity contribution is 14.0. The number of likely N-dealkylation sites (tertiary alicyclic amines) is 1. The SMILES string of the molecule is CN=C(NCC1CCCN(C)C1)N1CCN(Cc2ccc3c(c2)OCO3)CC1.I. The Bertz CT molecular complexity index is 694. The molecule has 0 aliphatic carbocycles. The Hall–Kier alpha value is -1.26. The number of piperidine rings is 1. The Labute approximate surface area is 191 Å². The first-order valence-electron chi connectivity index (χ1n) is 10.5. The van der Waals surface area contributed by atoms with Gasteiger partial charge in [-0.15, -0.1) is 24.0 Å². The van der Waals surface area contributed by atoms with Gasteiger partial charge >= 0.3 is 0 Å². The molecule has 0 spiro atoms. The molecule has 0 amide bonds.